The van der Waals surface area contributed by atoms with Crippen molar-refractivity contribution in [2.45, 2.75) is 23.0 Å². The van der Waals surface area contributed by atoms with Crippen LogP contribution in [0.5, 0.6) is 0 Å². The molecule has 1 aromatic rings. The minimum Gasteiger partial charge on any atom is -0.355 e. The molecule has 0 aromatic heterocycles. The quantitative estimate of drug-likeness (QED) is 0.877. The molecular weight excluding hydrogens is 244 g/mol. The maximum atomic E-state index is 11.3. The Hall–Kier alpha value is -1.00. The fourth-order valence-corrected chi connectivity index (χ4v) is 4.01. The average Bonchev–Trinajstić information content (AvgIpc) is 2.66. The number of fused-ring (bicyclic) bond motifs is 1. The number of benzene rings is 1. The third-order valence-electron chi connectivity index (χ3n) is 3.58. The lowest BCUT2D eigenvalue weighted by Gasteiger charge is -2.22. The highest BCUT2D eigenvalue weighted by Gasteiger charge is 2.24. The first-order valence-corrected chi connectivity index (χ1v) is 7.43. The average molecular weight is 262 g/mol. The van der Waals surface area contributed by atoms with Gasteiger partial charge in [-0.15, -0.1) is 11.8 Å². The van der Waals surface area contributed by atoms with Crippen molar-refractivity contribution in [2.75, 3.05) is 26.2 Å². The summed E-state index contributed by atoms with van der Waals surface area (Å²) < 4.78 is 0. The second-order valence-corrected chi connectivity index (χ2v) is 6.29. The molecule has 1 aromatic carbocycles. The highest BCUT2D eigenvalue weighted by Crippen LogP contribution is 2.37. The summed E-state index contributed by atoms with van der Waals surface area (Å²) in [6, 6.07) is 8.68. The number of amides is 1. The number of nitrogens with one attached hydrogen (secondary N) is 1. The topological polar surface area (TPSA) is 32.3 Å². The van der Waals surface area contributed by atoms with Gasteiger partial charge in [0.05, 0.1) is 0 Å². The summed E-state index contributed by atoms with van der Waals surface area (Å²) >= 11 is 1.99. The molecule has 2 aliphatic rings. The molecule has 4 heteroatoms. The summed E-state index contributed by atoms with van der Waals surface area (Å²) in [5.74, 6) is 0.194. The minimum atomic E-state index is 0.194. The van der Waals surface area contributed by atoms with Crippen molar-refractivity contribution in [3.63, 3.8) is 0 Å². The zero-order valence-corrected chi connectivity index (χ0v) is 11.2. The van der Waals surface area contributed by atoms with E-state index in [9.17, 15) is 4.79 Å². The predicted molar refractivity (Wildman–Crippen MR) is 73.9 cm³/mol. The smallest absolute Gasteiger partial charge is 0.221 e. The lowest BCUT2D eigenvalue weighted by atomic mass is 10.1. The molecule has 1 amide bonds. The molecule has 3 rings (SSSR count). The summed E-state index contributed by atoms with van der Waals surface area (Å²) in [6.07, 6.45) is 1.81. The van der Waals surface area contributed by atoms with Crippen LogP contribution in [0, 0.1) is 0 Å². The van der Waals surface area contributed by atoms with E-state index in [2.05, 4.69) is 34.5 Å². The standard InChI is InChI=1S/C14H18N2OS/c17-14-5-7-16(8-6-15-14)10-12-9-11-3-1-2-4-13(11)18-12/h1-4,12H,5-10H2,(H,15,17). The molecular formula is C14H18N2OS. The van der Waals surface area contributed by atoms with Crippen LogP contribution < -0.4 is 5.32 Å². The van der Waals surface area contributed by atoms with Crippen LogP contribution in [0.15, 0.2) is 29.2 Å². The maximum Gasteiger partial charge on any atom is 0.221 e. The first-order chi connectivity index (χ1) is 8.81. The van der Waals surface area contributed by atoms with Crippen molar-refractivity contribution in [1.82, 2.24) is 10.2 Å². The van der Waals surface area contributed by atoms with Crippen molar-refractivity contribution >= 4 is 17.7 Å². The molecule has 0 aliphatic carbocycles. The van der Waals surface area contributed by atoms with Crippen LogP contribution in [0.25, 0.3) is 0 Å². The summed E-state index contributed by atoms with van der Waals surface area (Å²) in [4.78, 5) is 15.2. The molecule has 0 spiro atoms. The Labute approximate surface area is 112 Å². The fraction of sp³-hybridized carbons (Fsp3) is 0.500. The van der Waals surface area contributed by atoms with Crippen LogP contribution in [0.2, 0.25) is 0 Å². The van der Waals surface area contributed by atoms with Gasteiger partial charge in [0.15, 0.2) is 0 Å². The highest BCUT2D eigenvalue weighted by molar-refractivity contribution is 8.00. The predicted octanol–water partition coefficient (Wildman–Crippen LogP) is 1.53. The van der Waals surface area contributed by atoms with Gasteiger partial charge >= 0.3 is 0 Å². The van der Waals surface area contributed by atoms with Gasteiger partial charge in [-0.3, -0.25) is 9.69 Å². The van der Waals surface area contributed by atoms with Gasteiger partial charge < -0.3 is 5.32 Å². The fourth-order valence-electron chi connectivity index (χ4n) is 2.64. The van der Waals surface area contributed by atoms with Gasteiger partial charge in [-0.25, -0.2) is 0 Å². The SMILES string of the molecule is O=C1CCN(CC2Cc3ccccc3S2)CCN1. The molecule has 1 unspecified atom stereocenters. The van der Waals surface area contributed by atoms with Gasteiger partial charge in [-0.1, -0.05) is 18.2 Å². The Morgan fingerprint density at radius 3 is 3.11 bits per heavy atom. The Bertz CT molecular complexity index is 424. The van der Waals surface area contributed by atoms with Crippen LogP contribution in [0.4, 0.5) is 0 Å². The molecule has 1 fully saturated rings. The van der Waals surface area contributed by atoms with E-state index in [0.29, 0.717) is 11.7 Å². The van der Waals surface area contributed by atoms with Gasteiger partial charge in [-0.05, 0) is 18.1 Å². The molecule has 0 radical (unpaired) electrons. The van der Waals surface area contributed by atoms with Crippen molar-refractivity contribution in [2.24, 2.45) is 0 Å². The van der Waals surface area contributed by atoms with E-state index in [1.165, 1.54) is 16.9 Å². The van der Waals surface area contributed by atoms with E-state index >= 15 is 0 Å². The second-order valence-electron chi connectivity index (χ2n) is 4.95. The van der Waals surface area contributed by atoms with Crippen molar-refractivity contribution in [3.8, 4) is 0 Å². The lowest BCUT2D eigenvalue weighted by Crippen LogP contribution is -2.33. The molecule has 96 valence electrons. The third kappa shape index (κ3) is 2.70. The van der Waals surface area contributed by atoms with Crippen LogP contribution in [0.3, 0.4) is 0 Å². The zero-order valence-electron chi connectivity index (χ0n) is 10.4. The Balaban J connectivity index is 1.57. The van der Waals surface area contributed by atoms with Gasteiger partial charge in [-0.2, -0.15) is 0 Å². The van der Waals surface area contributed by atoms with E-state index in [1.54, 1.807) is 0 Å². The zero-order chi connectivity index (χ0) is 12.4. The van der Waals surface area contributed by atoms with Gasteiger partial charge in [0, 0.05) is 42.7 Å². The van der Waals surface area contributed by atoms with Gasteiger partial charge in [0.1, 0.15) is 0 Å². The number of rotatable bonds is 2. The van der Waals surface area contributed by atoms with Crippen LogP contribution in [-0.4, -0.2) is 42.2 Å². The Morgan fingerprint density at radius 1 is 1.33 bits per heavy atom. The monoisotopic (exact) mass is 262 g/mol. The van der Waals surface area contributed by atoms with Crippen molar-refractivity contribution in [1.29, 1.82) is 0 Å². The Morgan fingerprint density at radius 2 is 2.22 bits per heavy atom. The first-order valence-electron chi connectivity index (χ1n) is 6.55. The molecule has 2 aliphatic heterocycles. The molecule has 1 N–H and O–H groups in total. The van der Waals surface area contributed by atoms with Crippen molar-refractivity contribution in [3.05, 3.63) is 29.8 Å². The highest BCUT2D eigenvalue weighted by atomic mass is 32.2. The van der Waals surface area contributed by atoms with Gasteiger partial charge in [0.25, 0.3) is 0 Å². The number of hydrogen-bond donors (Lipinski definition) is 1. The summed E-state index contributed by atoms with van der Waals surface area (Å²) in [6.45, 7) is 3.77. The summed E-state index contributed by atoms with van der Waals surface area (Å²) in [5.41, 5.74) is 1.48. The van der Waals surface area contributed by atoms with Crippen LogP contribution in [0.1, 0.15) is 12.0 Å². The number of thioether (sulfide) groups is 1. The summed E-state index contributed by atoms with van der Waals surface area (Å²) in [5, 5.41) is 3.58. The maximum absolute atomic E-state index is 11.3. The number of nitrogens with zero attached hydrogens (tertiary/aromatic N) is 1. The molecule has 18 heavy (non-hydrogen) atoms. The van der Waals surface area contributed by atoms with Crippen LogP contribution >= 0.6 is 11.8 Å². The summed E-state index contributed by atoms with van der Waals surface area (Å²) in [7, 11) is 0. The Kier molecular flexibility index (Phi) is 3.57. The molecule has 0 bridgehead atoms. The van der Waals surface area contributed by atoms with E-state index < -0.39 is 0 Å². The second kappa shape index (κ2) is 5.33. The molecule has 1 atom stereocenters. The molecule has 0 saturated carbocycles. The molecule has 3 nitrogen and oxygen atoms in total. The van der Waals surface area contributed by atoms with E-state index in [-0.39, 0.29) is 5.91 Å². The first kappa shape index (κ1) is 12.1. The minimum absolute atomic E-state index is 0.194. The van der Waals surface area contributed by atoms with Crippen molar-refractivity contribution < 1.29 is 4.79 Å². The van der Waals surface area contributed by atoms with E-state index in [0.717, 1.165) is 26.2 Å². The van der Waals surface area contributed by atoms with Gasteiger partial charge in [0.2, 0.25) is 5.91 Å². The molecule has 1 saturated heterocycles. The number of carbonyl (C=O) groups excluding carboxylic acids is 1. The van der Waals surface area contributed by atoms with Crippen LogP contribution in [-0.2, 0) is 11.2 Å². The normalized spacial score (nSPS) is 24.4. The van der Waals surface area contributed by atoms with E-state index in [4.69, 9.17) is 0 Å². The van der Waals surface area contributed by atoms with E-state index in [1.807, 2.05) is 11.8 Å². The number of hydrogen-bond acceptors (Lipinski definition) is 3. The molecule has 2 heterocycles. The number of carbonyl (C=O) groups is 1. The lowest BCUT2D eigenvalue weighted by molar-refractivity contribution is -0.120. The largest absolute Gasteiger partial charge is 0.355 e. The third-order valence-corrected chi connectivity index (χ3v) is 4.88.